The van der Waals surface area contributed by atoms with Gasteiger partial charge in [-0.1, -0.05) is 48.5 Å². The average Bonchev–Trinajstić information content (AvgIpc) is 2.86. The number of carbonyl (C=O) groups excluding carboxylic acids is 2. The molecule has 0 saturated carbocycles. The van der Waals surface area contributed by atoms with Crippen LogP contribution >= 0.6 is 0 Å². The highest BCUT2D eigenvalue weighted by molar-refractivity contribution is 7.89. The summed E-state index contributed by atoms with van der Waals surface area (Å²) >= 11 is 0. The number of benzene rings is 3. The Morgan fingerprint density at radius 3 is 2.50 bits per heavy atom. The molecule has 8 heteroatoms. The van der Waals surface area contributed by atoms with Crippen LogP contribution in [0.15, 0.2) is 77.7 Å². The second-order valence-corrected chi connectivity index (χ2v) is 10.3. The molecule has 2 aliphatic heterocycles. The van der Waals surface area contributed by atoms with Crippen molar-refractivity contribution in [2.75, 3.05) is 16.8 Å². The summed E-state index contributed by atoms with van der Waals surface area (Å²) < 4.78 is 29.5. The molecule has 3 aromatic rings. The number of para-hydroxylation sites is 1. The highest BCUT2D eigenvalue weighted by Crippen LogP contribution is 2.31. The topological polar surface area (TPSA) is 95.6 Å². The molecule has 174 valence electrons. The van der Waals surface area contributed by atoms with Gasteiger partial charge in [0.1, 0.15) is 6.04 Å². The van der Waals surface area contributed by atoms with E-state index in [4.69, 9.17) is 0 Å². The molecule has 7 nitrogen and oxygen atoms in total. The van der Waals surface area contributed by atoms with Gasteiger partial charge in [0.05, 0.1) is 4.90 Å². The van der Waals surface area contributed by atoms with Gasteiger partial charge in [0, 0.05) is 24.3 Å². The first-order valence-corrected chi connectivity index (χ1v) is 12.8. The number of sulfonamides is 1. The van der Waals surface area contributed by atoms with Gasteiger partial charge in [-0.2, -0.15) is 4.72 Å². The summed E-state index contributed by atoms with van der Waals surface area (Å²) in [5, 5.41) is 2.76. The predicted octanol–water partition coefficient (Wildman–Crippen LogP) is 3.57. The molecular weight excluding hydrogens is 450 g/mol. The Kier molecular flexibility index (Phi) is 5.93. The third kappa shape index (κ3) is 4.34. The van der Waals surface area contributed by atoms with E-state index in [1.54, 1.807) is 41.3 Å². The van der Waals surface area contributed by atoms with Crippen molar-refractivity contribution in [3.8, 4) is 0 Å². The quantitative estimate of drug-likeness (QED) is 0.590. The zero-order valence-electron chi connectivity index (χ0n) is 18.5. The van der Waals surface area contributed by atoms with E-state index in [0.29, 0.717) is 30.6 Å². The van der Waals surface area contributed by atoms with E-state index in [2.05, 4.69) is 10.0 Å². The minimum atomic E-state index is -4.03. The van der Waals surface area contributed by atoms with Gasteiger partial charge in [-0.05, 0) is 60.2 Å². The van der Waals surface area contributed by atoms with Gasteiger partial charge in [0.15, 0.2) is 0 Å². The SMILES string of the molecule is O=C1CCc2cc(S(=O)(=O)NC(C(=O)N3CCCc4ccccc43)c3ccccc3)ccc2N1. The molecule has 2 heterocycles. The Morgan fingerprint density at radius 2 is 1.68 bits per heavy atom. The van der Waals surface area contributed by atoms with Gasteiger partial charge in [-0.15, -0.1) is 0 Å². The summed E-state index contributed by atoms with van der Waals surface area (Å²) in [4.78, 5) is 27.2. The Morgan fingerprint density at radius 1 is 0.912 bits per heavy atom. The summed E-state index contributed by atoms with van der Waals surface area (Å²) in [5.74, 6) is -0.398. The van der Waals surface area contributed by atoms with Gasteiger partial charge < -0.3 is 10.2 Å². The van der Waals surface area contributed by atoms with Crippen molar-refractivity contribution in [3.05, 3.63) is 89.5 Å². The number of amides is 2. The molecule has 0 fully saturated rings. The maximum absolute atomic E-state index is 13.8. The lowest BCUT2D eigenvalue weighted by Gasteiger charge is -2.32. The van der Waals surface area contributed by atoms with E-state index >= 15 is 0 Å². The maximum atomic E-state index is 13.8. The molecule has 1 unspecified atom stereocenters. The number of carbonyl (C=O) groups is 2. The second-order valence-electron chi connectivity index (χ2n) is 8.55. The average molecular weight is 476 g/mol. The molecular formula is C26H25N3O4S. The number of rotatable bonds is 5. The summed E-state index contributed by atoms with van der Waals surface area (Å²) in [6.45, 7) is 0.527. The molecule has 2 aliphatic rings. The first-order valence-electron chi connectivity index (χ1n) is 11.3. The smallest absolute Gasteiger partial charge is 0.249 e. The third-order valence-electron chi connectivity index (χ3n) is 6.31. The normalized spacial score (nSPS) is 16.2. The van der Waals surface area contributed by atoms with Crippen LogP contribution in [0, 0.1) is 0 Å². The molecule has 0 aromatic heterocycles. The molecule has 0 saturated heterocycles. The standard InChI is InChI=1S/C26H25N3O4S/c30-24-15-12-20-17-21(13-14-22(20)27-24)34(32,33)28-25(19-8-2-1-3-9-19)26(31)29-16-6-10-18-7-4-5-11-23(18)29/h1-5,7-9,11,13-14,17,25,28H,6,10,12,15-16H2,(H,27,30). The van der Waals surface area contributed by atoms with E-state index in [0.717, 1.165) is 29.7 Å². The molecule has 0 bridgehead atoms. The fraction of sp³-hybridized carbons (Fsp3) is 0.231. The number of hydrogen-bond acceptors (Lipinski definition) is 4. The first-order chi connectivity index (χ1) is 16.4. The summed E-state index contributed by atoms with van der Waals surface area (Å²) in [6.07, 6.45) is 2.47. The number of hydrogen-bond donors (Lipinski definition) is 2. The van der Waals surface area contributed by atoms with Crippen LogP contribution in [-0.4, -0.2) is 26.8 Å². The lowest BCUT2D eigenvalue weighted by atomic mass is 9.99. The van der Waals surface area contributed by atoms with Crippen LogP contribution in [0.5, 0.6) is 0 Å². The summed E-state index contributed by atoms with van der Waals surface area (Å²) in [5.41, 5.74) is 3.85. The zero-order chi connectivity index (χ0) is 23.7. The molecule has 1 atom stereocenters. The van der Waals surface area contributed by atoms with Gasteiger partial charge in [0.25, 0.3) is 0 Å². The zero-order valence-corrected chi connectivity index (χ0v) is 19.3. The van der Waals surface area contributed by atoms with Gasteiger partial charge in [-0.25, -0.2) is 8.42 Å². The van der Waals surface area contributed by atoms with Crippen LogP contribution in [0.4, 0.5) is 11.4 Å². The van der Waals surface area contributed by atoms with E-state index < -0.39 is 16.1 Å². The van der Waals surface area contributed by atoms with Crippen molar-refractivity contribution in [1.82, 2.24) is 4.72 Å². The van der Waals surface area contributed by atoms with Crippen molar-refractivity contribution in [3.63, 3.8) is 0 Å². The van der Waals surface area contributed by atoms with E-state index in [1.165, 1.54) is 6.07 Å². The second kappa shape index (κ2) is 9.04. The Bertz CT molecular complexity index is 1360. The van der Waals surface area contributed by atoms with Crippen LogP contribution < -0.4 is 14.9 Å². The minimum Gasteiger partial charge on any atom is -0.326 e. The molecule has 0 radical (unpaired) electrons. The summed E-state index contributed by atoms with van der Waals surface area (Å²) in [7, 11) is -4.03. The molecule has 5 rings (SSSR count). The van der Waals surface area contributed by atoms with Crippen molar-refractivity contribution in [1.29, 1.82) is 0 Å². The Labute approximate surface area is 198 Å². The highest BCUT2D eigenvalue weighted by Gasteiger charge is 2.33. The Hall–Kier alpha value is -3.49. The maximum Gasteiger partial charge on any atom is 0.249 e. The van der Waals surface area contributed by atoms with Crippen LogP contribution in [0.2, 0.25) is 0 Å². The van der Waals surface area contributed by atoms with Gasteiger partial charge in [-0.3, -0.25) is 9.59 Å². The van der Waals surface area contributed by atoms with E-state index in [9.17, 15) is 18.0 Å². The van der Waals surface area contributed by atoms with Crippen LogP contribution in [-0.2, 0) is 32.5 Å². The molecule has 2 N–H and O–H groups in total. The fourth-order valence-electron chi connectivity index (χ4n) is 4.58. The largest absolute Gasteiger partial charge is 0.326 e. The van der Waals surface area contributed by atoms with Crippen molar-refractivity contribution >= 4 is 33.2 Å². The molecule has 3 aromatic carbocycles. The third-order valence-corrected chi connectivity index (χ3v) is 7.73. The molecule has 34 heavy (non-hydrogen) atoms. The lowest BCUT2D eigenvalue weighted by molar-refractivity contribution is -0.120. The van der Waals surface area contributed by atoms with Crippen molar-refractivity contribution < 1.29 is 18.0 Å². The molecule has 0 aliphatic carbocycles. The number of anilines is 2. The van der Waals surface area contributed by atoms with Crippen molar-refractivity contribution in [2.24, 2.45) is 0 Å². The fourth-order valence-corrected chi connectivity index (χ4v) is 5.80. The number of aryl methyl sites for hydroxylation is 2. The number of nitrogens with one attached hydrogen (secondary N) is 2. The van der Waals surface area contributed by atoms with E-state index in [-0.39, 0.29) is 16.7 Å². The lowest BCUT2D eigenvalue weighted by Crippen LogP contribution is -2.45. The van der Waals surface area contributed by atoms with Crippen LogP contribution in [0.3, 0.4) is 0 Å². The monoisotopic (exact) mass is 475 g/mol. The predicted molar refractivity (Wildman–Crippen MR) is 130 cm³/mol. The van der Waals surface area contributed by atoms with Crippen molar-refractivity contribution in [2.45, 2.75) is 36.6 Å². The first kappa shape index (κ1) is 22.3. The van der Waals surface area contributed by atoms with Gasteiger partial charge in [0.2, 0.25) is 21.8 Å². The van der Waals surface area contributed by atoms with E-state index in [1.807, 2.05) is 30.3 Å². The number of nitrogens with zero attached hydrogens (tertiary/aromatic N) is 1. The Balaban J connectivity index is 1.49. The molecule has 2 amide bonds. The minimum absolute atomic E-state index is 0.0650. The van der Waals surface area contributed by atoms with Crippen LogP contribution in [0.25, 0.3) is 0 Å². The summed E-state index contributed by atoms with van der Waals surface area (Å²) in [6, 6.07) is 20.2. The highest BCUT2D eigenvalue weighted by atomic mass is 32.2. The van der Waals surface area contributed by atoms with Gasteiger partial charge >= 0.3 is 0 Å². The molecule has 0 spiro atoms. The van der Waals surface area contributed by atoms with Crippen LogP contribution in [0.1, 0.15) is 35.6 Å². The number of fused-ring (bicyclic) bond motifs is 2.